The highest BCUT2D eigenvalue weighted by Crippen LogP contribution is 2.30. The summed E-state index contributed by atoms with van der Waals surface area (Å²) < 4.78 is 5.22. The number of fused-ring (bicyclic) bond motifs is 2. The van der Waals surface area contributed by atoms with Crippen molar-refractivity contribution >= 4 is 22.2 Å². The molecule has 0 amide bonds. The van der Waals surface area contributed by atoms with Crippen molar-refractivity contribution in [1.29, 1.82) is 0 Å². The zero-order valence-electron chi connectivity index (χ0n) is 15.0. The molecular weight excluding hydrogens is 366 g/mol. The lowest BCUT2D eigenvalue weighted by molar-refractivity contribution is 0.568. The summed E-state index contributed by atoms with van der Waals surface area (Å²) >= 11 is 0. The van der Waals surface area contributed by atoms with Crippen LogP contribution < -0.4 is 0 Å². The van der Waals surface area contributed by atoms with E-state index >= 15 is 0 Å². The van der Waals surface area contributed by atoms with Crippen molar-refractivity contribution in [3.8, 4) is 34.0 Å². The molecule has 2 N–H and O–H groups in total. The highest BCUT2D eigenvalue weighted by molar-refractivity contribution is 5.94. The van der Waals surface area contributed by atoms with Crippen molar-refractivity contribution in [2.45, 2.75) is 0 Å². The SMILES string of the molecule is c1ccc(-c2ccc3[nH]nc(-c4nc5c(-c6ccoc6)ccnc5[nH]4)c3n2)nc1. The molecule has 0 radical (unpaired) electrons. The molecule has 6 aromatic heterocycles. The lowest BCUT2D eigenvalue weighted by Gasteiger charge is -2.00. The highest BCUT2D eigenvalue weighted by atomic mass is 16.3. The summed E-state index contributed by atoms with van der Waals surface area (Å²) in [6, 6.07) is 13.4. The maximum atomic E-state index is 5.22. The Morgan fingerprint density at radius 1 is 0.828 bits per heavy atom. The number of rotatable bonds is 3. The summed E-state index contributed by atoms with van der Waals surface area (Å²) in [4.78, 5) is 21.6. The van der Waals surface area contributed by atoms with E-state index in [0.29, 0.717) is 17.2 Å². The maximum Gasteiger partial charge on any atom is 0.162 e. The van der Waals surface area contributed by atoms with Crippen molar-refractivity contribution in [3.63, 3.8) is 0 Å². The lowest BCUT2D eigenvalue weighted by Crippen LogP contribution is -1.88. The lowest BCUT2D eigenvalue weighted by atomic mass is 10.1. The minimum Gasteiger partial charge on any atom is -0.472 e. The second-order valence-electron chi connectivity index (χ2n) is 6.53. The molecule has 6 heterocycles. The Kier molecular flexibility index (Phi) is 3.30. The highest BCUT2D eigenvalue weighted by Gasteiger charge is 2.17. The number of nitrogens with one attached hydrogen (secondary N) is 2. The van der Waals surface area contributed by atoms with Crippen LogP contribution >= 0.6 is 0 Å². The predicted molar refractivity (Wildman–Crippen MR) is 108 cm³/mol. The van der Waals surface area contributed by atoms with Crippen LogP contribution in [0.1, 0.15) is 0 Å². The molecule has 0 aromatic carbocycles. The minimum absolute atomic E-state index is 0.598. The number of furan rings is 1. The average molecular weight is 379 g/mol. The Hall–Kier alpha value is -4.33. The van der Waals surface area contributed by atoms with Crippen molar-refractivity contribution in [3.05, 3.63) is 67.4 Å². The minimum atomic E-state index is 0.598. The van der Waals surface area contributed by atoms with Gasteiger partial charge in [0.1, 0.15) is 11.0 Å². The molecule has 0 aliphatic carbocycles. The number of hydrogen-bond acceptors (Lipinski definition) is 6. The van der Waals surface area contributed by atoms with Gasteiger partial charge in [-0.25, -0.2) is 15.0 Å². The van der Waals surface area contributed by atoms with E-state index in [4.69, 9.17) is 14.4 Å². The molecule has 0 fully saturated rings. The van der Waals surface area contributed by atoms with Gasteiger partial charge < -0.3 is 9.40 Å². The van der Waals surface area contributed by atoms with Gasteiger partial charge >= 0.3 is 0 Å². The summed E-state index contributed by atoms with van der Waals surface area (Å²) in [6.07, 6.45) is 6.82. The monoisotopic (exact) mass is 379 g/mol. The molecule has 0 bridgehead atoms. The van der Waals surface area contributed by atoms with Gasteiger partial charge in [0, 0.05) is 23.5 Å². The molecule has 0 saturated carbocycles. The van der Waals surface area contributed by atoms with Gasteiger partial charge in [-0.05, 0) is 36.4 Å². The zero-order chi connectivity index (χ0) is 19.2. The summed E-state index contributed by atoms with van der Waals surface area (Å²) in [5.41, 5.74) is 7.06. The van der Waals surface area contributed by atoms with E-state index in [9.17, 15) is 0 Å². The molecular formula is C21H13N7O. The van der Waals surface area contributed by atoms with E-state index in [1.165, 1.54) is 0 Å². The van der Waals surface area contributed by atoms with Gasteiger partial charge in [-0.2, -0.15) is 5.10 Å². The van der Waals surface area contributed by atoms with Crippen LogP contribution in [-0.2, 0) is 0 Å². The van der Waals surface area contributed by atoms with Crippen molar-refractivity contribution < 1.29 is 4.42 Å². The van der Waals surface area contributed by atoms with Gasteiger partial charge in [0.05, 0.1) is 29.4 Å². The fourth-order valence-corrected chi connectivity index (χ4v) is 3.39. The number of H-pyrrole nitrogens is 2. The summed E-state index contributed by atoms with van der Waals surface area (Å²) in [5.74, 6) is 0.598. The van der Waals surface area contributed by atoms with Crippen LogP contribution in [0.3, 0.4) is 0 Å². The predicted octanol–water partition coefficient (Wildman–Crippen LogP) is 4.22. The Balaban J connectivity index is 1.53. The standard InChI is InChI=1S/C21H13N7O/c1-2-8-22-14(3-1)15-4-5-16-18(24-15)19(28-27-16)21-25-17-13(12-7-10-29-11-12)6-9-23-20(17)26-21/h1-11H,(H,27,28)(H,23,25,26). The number of nitrogens with zero attached hydrogens (tertiary/aromatic N) is 5. The normalized spacial score (nSPS) is 11.4. The first-order chi connectivity index (χ1) is 14.4. The van der Waals surface area contributed by atoms with Crippen molar-refractivity contribution in [2.24, 2.45) is 0 Å². The van der Waals surface area contributed by atoms with Crippen LogP contribution in [0.2, 0.25) is 0 Å². The second-order valence-corrected chi connectivity index (χ2v) is 6.53. The number of hydrogen-bond donors (Lipinski definition) is 2. The van der Waals surface area contributed by atoms with Crippen molar-refractivity contribution in [1.82, 2.24) is 35.1 Å². The third-order valence-electron chi connectivity index (χ3n) is 4.78. The van der Waals surface area contributed by atoms with E-state index in [1.807, 2.05) is 42.5 Å². The van der Waals surface area contributed by atoms with E-state index < -0.39 is 0 Å². The Labute approximate surface area is 163 Å². The molecule has 6 rings (SSSR count). The molecule has 0 aliphatic heterocycles. The van der Waals surface area contributed by atoms with Crippen LogP contribution in [0, 0.1) is 0 Å². The third kappa shape index (κ3) is 2.50. The summed E-state index contributed by atoms with van der Waals surface area (Å²) in [5, 5.41) is 7.46. The number of pyridine rings is 3. The van der Waals surface area contributed by atoms with E-state index in [1.54, 1.807) is 24.9 Å². The quantitative estimate of drug-likeness (QED) is 0.476. The molecule has 0 atom stereocenters. The van der Waals surface area contributed by atoms with Crippen LogP contribution in [-0.4, -0.2) is 35.1 Å². The Morgan fingerprint density at radius 3 is 2.69 bits per heavy atom. The Bertz CT molecular complexity index is 1450. The summed E-state index contributed by atoms with van der Waals surface area (Å²) in [6.45, 7) is 0. The van der Waals surface area contributed by atoms with E-state index in [2.05, 4.69) is 25.1 Å². The van der Waals surface area contributed by atoms with Crippen LogP contribution in [0.4, 0.5) is 0 Å². The molecule has 0 saturated heterocycles. The van der Waals surface area contributed by atoms with Gasteiger partial charge in [-0.15, -0.1) is 0 Å². The maximum absolute atomic E-state index is 5.22. The molecule has 138 valence electrons. The topological polar surface area (TPSA) is 109 Å². The van der Waals surface area contributed by atoms with E-state index in [0.717, 1.165) is 39.1 Å². The Morgan fingerprint density at radius 2 is 1.83 bits per heavy atom. The largest absolute Gasteiger partial charge is 0.472 e. The molecule has 8 nitrogen and oxygen atoms in total. The first-order valence-corrected chi connectivity index (χ1v) is 9.01. The van der Waals surface area contributed by atoms with Crippen LogP contribution in [0.5, 0.6) is 0 Å². The molecule has 0 spiro atoms. The van der Waals surface area contributed by atoms with Gasteiger partial charge in [-0.3, -0.25) is 10.1 Å². The molecule has 29 heavy (non-hydrogen) atoms. The smallest absolute Gasteiger partial charge is 0.162 e. The fraction of sp³-hybridized carbons (Fsp3) is 0. The molecule has 6 aromatic rings. The number of imidazole rings is 1. The molecule has 0 aliphatic rings. The van der Waals surface area contributed by atoms with Gasteiger partial charge in [0.15, 0.2) is 17.2 Å². The van der Waals surface area contributed by atoms with E-state index in [-0.39, 0.29) is 0 Å². The van der Waals surface area contributed by atoms with Crippen LogP contribution in [0.25, 0.3) is 56.2 Å². The van der Waals surface area contributed by atoms with Gasteiger partial charge in [-0.1, -0.05) is 6.07 Å². The third-order valence-corrected chi connectivity index (χ3v) is 4.78. The zero-order valence-corrected chi connectivity index (χ0v) is 15.0. The first kappa shape index (κ1) is 15.7. The van der Waals surface area contributed by atoms with Gasteiger partial charge in [0.25, 0.3) is 0 Å². The van der Waals surface area contributed by atoms with Crippen LogP contribution in [0.15, 0.2) is 71.8 Å². The second kappa shape index (κ2) is 6.10. The average Bonchev–Trinajstić information content (AvgIpc) is 3.52. The fourth-order valence-electron chi connectivity index (χ4n) is 3.39. The summed E-state index contributed by atoms with van der Waals surface area (Å²) in [7, 11) is 0. The number of aromatic nitrogens is 7. The molecule has 8 heteroatoms. The molecule has 0 unspecified atom stereocenters. The first-order valence-electron chi connectivity index (χ1n) is 9.01. The van der Waals surface area contributed by atoms with Crippen molar-refractivity contribution in [2.75, 3.05) is 0 Å². The number of aromatic amines is 2. The van der Waals surface area contributed by atoms with Gasteiger partial charge in [0.2, 0.25) is 0 Å².